The second kappa shape index (κ2) is 6.01. The third kappa shape index (κ3) is 3.92. The van der Waals surface area contributed by atoms with E-state index in [0.717, 1.165) is 4.90 Å². The maximum Gasteiger partial charge on any atom is 0.325 e. The molecule has 0 aromatic carbocycles. The quantitative estimate of drug-likeness (QED) is 0.569. The number of imide groups is 1. The van der Waals surface area contributed by atoms with Gasteiger partial charge in [0.15, 0.2) is 0 Å². The fourth-order valence-electron chi connectivity index (χ4n) is 1.82. The molecule has 0 spiro atoms. The molecule has 108 valence electrons. The Morgan fingerprint density at radius 3 is 2.58 bits per heavy atom. The highest BCUT2D eigenvalue weighted by atomic mass is 16.2. The van der Waals surface area contributed by atoms with E-state index >= 15 is 0 Å². The van der Waals surface area contributed by atoms with Crippen LogP contribution in [0.15, 0.2) is 0 Å². The van der Waals surface area contributed by atoms with Crippen molar-refractivity contribution in [2.75, 3.05) is 13.1 Å². The minimum atomic E-state index is -0.854. The van der Waals surface area contributed by atoms with Crippen LogP contribution in [0.5, 0.6) is 0 Å². The molecule has 0 unspecified atom stereocenters. The van der Waals surface area contributed by atoms with Crippen molar-refractivity contribution in [2.45, 2.75) is 45.2 Å². The normalized spacial score (nSPS) is 19.3. The zero-order chi connectivity index (χ0) is 14.6. The summed E-state index contributed by atoms with van der Waals surface area (Å²) in [7, 11) is 0. The van der Waals surface area contributed by atoms with Crippen molar-refractivity contribution in [1.82, 2.24) is 15.5 Å². The summed E-state index contributed by atoms with van der Waals surface area (Å²) in [6, 6.07) is -0.464. The maximum atomic E-state index is 11.9. The zero-order valence-corrected chi connectivity index (χ0v) is 11.7. The van der Waals surface area contributed by atoms with E-state index in [0.29, 0.717) is 13.0 Å². The molecule has 19 heavy (non-hydrogen) atoms. The summed E-state index contributed by atoms with van der Waals surface area (Å²) in [6.07, 6.45) is 0.709. The van der Waals surface area contributed by atoms with Gasteiger partial charge in [-0.1, -0.05) is 0 Å². The van der Waals surface area contributed by atoms with Crippen molar-refractivity contribution in [3.63, 3.8) is 0 Å². The predicted octanol–water partition coefficient (Wildman–Crippen LogP) is -0.440. The summed E-state index contributed by atoms with van der Waals surface area (Å²) < 4.78 is 0. The minimum absolute atomic E-state index is 0.0665. The molecular weight excluding hydrogens is 248 g/mol. The zero-order valence-electron chi connectivity index (χ0n) is 11.7. The lowest BCUT2D eigenvalue weighted by atomic mass is 10.1. The Hall–Kier alpha value is -1.63. The Morgan fingerprint density at radius 1 is 1.47 bits per heavy atom. The Labute approximate surface area is 112 Å². The molecule has 4 N–H and O–H groups in total. The fourth-order valence-corrected chi connectivity index (χ4v) is 1.82. The van der Waals surface area contributed by atoms with Gasteiger partial charge in [0.25, 0.3) is 5.91 Å². The van der Waals surface area contributed by atoms with Gasteiger partial charge in [0.1, 0.15) is 5.54 Å². The number of carbonyl (C=O) groups is 3. The topological polar surface area (TPSA) is 105 Å². The van der Waals surface area contributed by atoms with Gasteiger partial charge in [-0.05, 0) is 27.2 Å². The van der Waals surface area contributed by atoms with Crippen molar-refractivity contribution in [2.24, 2.45) is 5.73 Å². The van der Waals surface area contributed by atoms with E-state index in [-0.39, 0.29) is 30.8 Å². The summed E-state index contributed by atoms with van der Waals surface area (Å²) in [6.45, 7) is 5.76. The van der Waals surface area contributed by atoms with Gasteiger partial charge in [0.05, 0.1) is 0 Å². The standard InChI is InChI=1S/C12H22N4O3/c1-8(7-13)14-9(17)5-4-6-16-10(18)12(2,3)15-11(16)19/h8H,4-7,13H2,1-3H3,(H,14,17)(H,15,19)/t8-/m0/s1. The van der Waals surface area contributed by atoms with Crippen molar-refractivity contribution in [3.05, 3.63) is 0 Å². The van der Waals surface area contributed by atoms with Gasteiger partial charge in [0, 0.05) is 25.6 Å². The van der Waals surface area contributed by atoms with E-state index < -0.39 is 11.6 Å². The number of carbonyl (C=O) groups excluding carboxylic acids is 3. The first-order valence-corrected chi connectivity index (χ1v) is 6.41. The average Bonchev–Trinajstić information content (AvgIpc) is 2.50. The molecule has 7 nitrogen and oxygen atoms in total. The van der Waals surface area contributed by atoms with E-state index in [2.05, 4.69) is 10.6 Å². The lowest BCUT2D eigenvalue weighted by molar-refractivity contribution is -0.130. The SMILES string of the molecule is C[C@@H](CN)NC(=O)CCCN1C(=O)NC(C)(C)C1=O. The van der Waals surface area contributed by atoms with E-state index in [1.807, 2.05) is 6.92 Å². The van der Waals surface area contributed by atoms with Crippen molar-refractivity contribution >= 4 is 17.8 Å². The van der Waals surface area contributed by atoms with Crippen LogP contribution in [0.2, 0.25) is 0 Å². The van der Waals surface area contributed by atoms with E-state index in [1.54, 1.807) is 13.8 Å². The Balaban J connectivity index is 2.36. The summed E-state index contributed by atoms with van der Waals surface area (Å²) in [5.74, 6) is -0.377. The van der Waals surface area contributed by atoms with Crippen LogP contribution in [-0.4, -0.2) is 47.4 Å². The van der Waals surface area contributed by atoms with Gasteiger partial charge < -0.3 is 16.4 Å². The van der Waals surface area contributed by atoms with Gasteiger partial charge in [-0.3, -0.25) is 14.5 Å². The molecule has 1 aliphatic rings. The molecule has 1 atom stereocenters. The first kappa shape index (κ1) is 15.4. The van der Waals surface area contributed by atoms with Crippen LogP contribution < -0.4 is 16.4 Å². The van der Waals surface area contributed by atoms with Crippen LogP contribution in [0.4, 0.5) is 4.79 Å². The molecule has 0 aromatic rings. The van der Waals surface area contributed by atoms with Crippen molar-refractivity contribution in [3.8, 4) is 0 Å². The molecule has 1 saturated heterocycles. The lowest BCUT2D eigenvalue weighted by Crippen LogP contribution is -2.40. The van der Waals surface area contributed by atoms with Crippen LogP contribution in [0.25, 0.3) is 0 Å². The molecule has 1 fully saturated rings. The Morgan fingerprint density at radius 2 is 2.11 bits per heavy atom. The van der Waals surface area contributed by atoms with E-state index in [4.69, 9.17) is 5.73 Å². The monoisotopic (exact) mass is 270 g/mol. The summed E-state index contributed by atoms with van der Waals surface area (Å²) >= 11 is 0. The third-order valence-electron chi connectivity index (χ3n) is 2.99. The van der Waals surface area contributed by atoms with Crippen LogP contribution >= 0.6 is 0 Å². The molecule has 1 aliphatic heterocycles. The molecule has 7 heteroatoms. The van der Waals surface area contributed by atoms with Gasteiger partial charge >= 0.3 is 6.03 Å². The molecule has 0 radical (unpaired) electrons. The predicted molar refractivity (Wildman–Crippen MR) is 70.2 cm³/mol. The Bertz CT molecular complexity index is 381. The number of hydrogen-bond acceptors (Lipinski definition) is 4. The second-order valence-electron chi connectivity index (χ2n) is 5.32. The summed E-state index contributed by atoms with van der Waals surface area (Å²) in [5.41, 5.74) is 4.54. The highest BCUT2D eigenvalue weighted by Gasteiger charge is 2.43. The molecule has 4 amide bonds. The van der Waals surface area contributed by atoms with E-state index in [1.165, 1.54) is 0 Å². The van der Waals surface area contributed by atoms with Gasteiger partial charge in [0.2, 0.25) is 5.91 Å². The van der Waals surface area contributed by atoms with E-state index in [9.17, 15) is 14.4 Å². The molecular formula is C12H22N4O3. The van der Waals surface area contributed by atoms with Crippen molar-refractivity contribution in [1.29, 1.82) is 0 Å². The second-order valence-corrected chi connectivity index (χ2v) is 5.32. The number of nitrogens with one attached hydrogen (secondary N) is 2. The largest absolute Gasteiger partial charge is 0.352 e. The highest BCUT2D eigenvalue weighted by Crippen LogP contribution is 2.16. The van der Waals surface area contributed by atoms with Crippen LogP contribution in [0.1, 0.15) is 33.6 Å². The first-order chi connectivity index (χ1) is 8.77. The molecule has 0 aromatic heterocycles. The first-order valence-electron chi connectivity index (χ1n) is 6.41. The lowest BCUT2D eigenvalue weighted by Gasteiger charge is -2.16. The number of nitrogens with zero attached hydrogens (tertiary/aromatic N) is 1. The van der Waals surface area contributed by atoms with Crippen LogP contribution in [0.3, 0.4) is 0 Å². The molecule has 0 bridgehead atoms. The molecule has 1 rings (SSSR count). The average molecular weight is 270 g/mol. The summed E-state index contributed by atoms with van der Waals surface area (Å²) in [4.78, 5) is 36.1. The smallest absolute Gasteiger partial charge is 0.325 e. The van der Waals surface area contributed by atoms with Gasteiger partial charge in [-0.25, -0.2) is 4.79 Å². The Kier molecular flexibility index (Phi) is 4.88. The van der Waals surface area contributed by atoms with Crippen molar-refractivity contribution < 1.29 is 14.4 Å². The van der Waals surface area contributed by atoms with Gasteiger partial charge in [-0.2, -0.15) is 0 Å². The van der Waals surface area contributed by atoms with Crippen LogP contribution in [0, 0.1) is 0 Å². The molecule has 0 saturated carbocycles. The third-order valence-corrected chi connectivity index (χ3v) is 2.99. The number of hydrogen-bond donors (Lipinski definition) is 3. The number of rotatable bonds is 6. The molecule has 1 heterocycles. The minimum Gasteiger partial charge on any atom is -0.352 e. The highest BCUT2D eigenvalue weighted by molar-refractivity contribution is 6.06. The summed E-state index contributed by atoms with van der Waals surface area (Å²) in [5, 5.41) is 5.32. The maximum absolute atomic E-state index is 11.9. The fraction of sp³-hybridized carbons (Fsp3) is 0.750. The number of amides is 4. The molecule has 0 aliphatic carbocycles. The number of urea groups is 1. The number of nitrogens with two attached hydrogens (primary N) is 1. The van der Waals surface area contributed by atoms with Crippen LogP contribution in [-0.2, 0) is 9.59 Å². The van der Waals surface area contributed by atoms with Gasteiger partial charge in [-0.15, -0.1) is 0 Å².